The van der Waals surface area contributed by atoms with Crippen molar-refractivity contribution >= 4 is 10.9 Å². The third-order valence-corrected chi connectivity index (χ3v) is 8.65. The molecule has 0 amide bonds. The van der Waals surface area contributed by atoms with Gasteiger partial charge in [-0.2, -0.15) is 0 Å². The molecule has 0 unspecified atom stereocenters. The van der Waals surface area contributed by atoms with Crippen LogP contribution in [-0.4, -0.2) is 27.7 Å². The highest BCUT2D eigenvalue weighted by Gasteiger charge is 2.44. The Morgan fingerprint density at radius 2 is 1.79 bits per heavy atom. The standard InChI is InChI=1S/C32H37N3O3/c1-31(2,37)23-6-9-28(26(17-23)27-20-35(3)30(36)29-25(27)10-13-34-29)38-24-7-4-21(5-8-24)16-22-18-32(19-22)11-14-33-15-12-32/h4-10,13,17,20,22,33-34,37H,11-12,14-16,18-19H2,1-3H3. The largest absolute Gasteiger partial charge is 0.457 e. The first-order valence-corrected chi connectivity index (χ1v) is 13.7. The molecule has 1 saturated carbocycles. The summed E-state index contributed by atoms with van der Waals surface area (Å²) in [7, 11) is 1.75. The third-order valence-electron chi connectivity index (χ3n) is 8.65. The van der Waals surface area contributed by atoms with Gasteiger partial charge in [0.05, 0.1) is 5.60 Å². The predicted molar refractivity (Wildman–Crippen MR) is 152 cm³/mol. The number of aromatic amines is 1. The van der Waals surface area contributed by atoms with Crippen LogP contribution in [0.5, 0.6) is 11.5 Å². The number of aromatic nitrogens is 2. The van der Waals surface area contributed by atoms with Crippen LogP contribution in [0.3, 0.4) is 0 Å². The molecule has 2 aliphatic rings. The molecule has 4 aromatic rings. The molecule has 0 bridgehead atoms. The number of fused-ring (bicyclic) bond motifs is 1. The van der Waals surface area contributed by atoms with Gasteiger partial charge in [0.1, 0.15) is 17.0 Å². The molecule has 38 heavy (non-hydrogen) atoms. The molecule has 6 rings (SSSR count). The predicted octanol–water partition coefficient (Wildman–Crippen LogP) is 5.88. The average Bonchev–Trinajstić information content (AvgIpc) is 3.37. The van der Waals surface area contributed by atoms with Gasteiger partial charge in [-0.3, -0.25) is 4.79 Å². The van der Waals surface area contributed by atoms with Crippen molar-refractivity contribution in [3.8, 4) is 22.6 Å². The monoisotopic (exact) mass is 511 g/mol. The molecule has 198 valence electrons. The van der Waals surface area contributed by atoms with Crippen LogP contribution in [-0.2, 0) is 19.1 Å². The second-order valence-electron chi connectivity index (χ2n) is 12.0. The molecule has 6 heteroatoms. The van der Waals surface area contributed by atoms with Gasteiger partial charge in [-0.15, -0.1) is 0 Å². The van der Waals surface area contributed by atoms with Crippen molar-refractivity contribution in [1.29, 1.82) is 0 Å². The first kappa shape index (κ1) is 25.0. The normalized spacial score (nSPS) is 17.6. The van der Waals surface area contributed by atoms with Crippen LogP contribution in [0.1, 0.15) is 50.7 Å². The molecule has 3 heterocycles. The number of benzene rings is 2. The quantitative estimate of drug-likeness (QED) is 0.302. The number of piperidine rings is 1. The molecule has 2 aromatic heterocycles. The van der Waals surface area contributed by atoms with E-state index in [-0.39, 0.29) is 5.56 Å². The van der Waals surface area contributed by atoms with Gasteiger partial charge >= 0.3 is 0 Å². The first-order valence-electron chi connectivity index (χ1n) is 13.7. The van der Waals surface area contributed by atoms with E-state index in [0.29, 0.717) is 16.7 Å². The summed E-state index contributed by atoms with van der Waals surface area (Å²) < 4.78 is 8.01. The van der Waals surface area contributed by atoms with E-state index < -0.39 is 5.60 Å². The van der Waals surface area contributed by atoms with Crippen LogP contribution < -0.4 is 15.6 Å². The van der Waals surface area contributed by atoms with Gasteiger partial charge in [-0.1, -0.05) is 18.2 Å². The van der Waals surface area contributed by atoms with Gasteiger partial charge < -0.3 is 24.7 Å². The average molecular weight is 512 g/mol. The summed E-state index contributed by atoms with van der Waals surface area (Å²) in [5.41, 5.74) is 3.90. The highest BCUT2D eigenvalue weighted by Crippen LogP contribution is 2.52. The smallest absolute Gasteiger partial charge is 0.274 e. The second kappa shape index (κ2) is 9.44. The lowest BCUT2D eigenvalue weighted by Gasteiger charge is -2.50. The summed E-state index contributed by atoms with van der Waals surface area (Å²) in [6.45, 7) is 5.89. The molecule has 3 N–H and O–H groups in total. The van der Waals surface area contributed by atoms with E-state index in [2.05, 4.69) is 34.6 Å². The fourth-order valence-electron chi connectivity index (χ4n) is 6.52. The van der Waals surface area contributed by atoms with E-state index in [0.717, 1.165) is 40.2 Å². The lowest BCUT2D eigenvalue weighted by atomic mass is 9.56. The van der Waals surface area contributed by atoms with Crippen molar-refractivity contribution < 1.29 is 9.84 Å². The molecule has 0 radical (unpaired) electrons. The zero-order valence-electron chi connectivity index (χ0n) is 22.5. The fourth-order valence-corrected chi connectivity index (χ4v) is 6.52. The van der Waals surface area contributed by atoms with Gasteiger partial charge in [-0.05, 0) is 112 Å². The zero-order chi connectivity index (χ0) is 26.5. The summed E-state index contributed by atoms with van der Waals surface area (Å²) in [4.78, 5) is 15.7. The summed E-state index contributed by atoms with van der Waals surface area (Å²) in [6, 6.07) is 16.2. The van der Waals surface area contributed by atoms with Crippen molar-refractivity contribution in [2.75, 3.05) is 13.1 Å². The molecule has 1 aliphatic carbocycles. The van der Waals surface area contributed by atoms with Gasteiger partial charge in [0.25, 0.3) is 5.56 Å². The maximum Gasteiger partial charge on any atom is 0.274 e. The lowest BCUT2D eigenvalue weighted by Crippen LogP contribution is -2.45. The molecule has 2 fully saturated rings. The fraction of sp³-hybridized carbons (Fsp3) is 0.406. The highest BCUT2D eigenvalue weighted by atomic mass is 16.5. The SMILES string of the molecule is Cn1cc(-c2cc(C(C)(C)O)ccc2Oc2ccc(CC3CC4(CCNCC4)C3)cc2)c2cc[nH]c2c1=O. The van der Waals surface area contributed by atoms with Crippen LogP contribution in [0.25, 0.3) is 22.0 Å². The topological polar surface area (TPSA) is 79.3 Å². The number of nitrogens with one attached hydrogen (secondary N) is 2. The van der Waals surface area contributed by atoms with Crippen molar-refractivity contribution in [1.82, 2.24) is 14.9 Å². The van der Waals surface area contributed by atoms with Gasteiger partial charge in [-0.25, -0.2) is 0 Å². The van der Waals surface area contributed by atoms with Crippen LogP contribution in [0.2, 0.25) is 0 Å². The number of aryl methyl sites for hydroxylation is 1. The Labute approximate surface area is 223 Å². The Balaban J connectivity index is 1.27. The van der Waals surface area contributed by atoms with Crippen LogP contribution in [0.4, 0.5) is 0 Å². The Bertz CT molecular complexity index is 1510. The Morgan fingerprint density at radius 1 is 1.05 bits per heavy atom. The summed E-state index contributed by atoms with van der Waals surface area (Å²) in [5.74, 6) is 2.23. The molecule has 2 aromatic carbocycles. The number of hydrogen-bond donors (Lipinski definition) is 3. The van der Waals surface area contributed by atoms with E-state index in [1.807, 2.05) is 30.5 Å². The molecule has 0 atom stereocenters. The Hall–Kier alpha value is -3.35. The Kier molecular flexibility index (Phi) is 6.20. The molecule has 6 nitrogen and oxygen atoms in total. The number of nitrogens with zero attached hydrogens (tertiary/aromatic N) is 1. The lowest BCUT2D eigenvalue weighted by molar-refractivity contribution is 0.0221. The zero-order valence-corrected chi connectivity index (χ0v) is 22.5. The number of H-pyrrole nitrogens is 1. The number of aliphatic hydroxyl groups is 1. The van der Waals surface area contributed by atoms with Gasteiger partial charge in [0, 0.05) is 36.0 Å². The van der Waals surface area contributed by atoms with E-state index in [4.69, 9.17) is 4.74 Å². The molecular formula is C32H37N3O3. The van der Waals surface area contributed by atoms with E-state index in [9.17, 15) is 9.90 Å². The van der Waals surface area contributed by atoms with Crippen molar-refractivity contribution in [3.05, 3.63) is 82.4 Å². The molecule has 1 spiro atoms. The maximum absolute atomic E-state index is 12.7. The van der Waals surface area contributed by atoms with Crippen molar-refractivity contribution in [2.24, 2.45) is 18.4 Å². The van der Waals surface area contributed by atoms with Crippen molar-refractivity contribution in [3.63, 3.8) is 0 Å². The second-order valence-corrected chi connectivity index (χ2v) is 12.0. The van der Waals surface area contributed by atoms with Crippen LogP contribution in [0.15, 0.2) is 65.7 Å². The van der Waals surface area contributed by atoms with E-state index in [1.165, 1.54) is 44.3 Å². The van der Waals surface area contributed by atoms with E-state index >= 15 is 0 Å². The molecule has 1 aliphatic heterocycles. The number of hydrogen-bond acceptors (Lipinski definition) is 4. The number of pyridine rings is 1. The summed E-state index contributed by atoms with van der Waals surface area (Å²) in [6.07, 6.45) is 10.1. The Morgan fingerprint density at radius 3 is 2.50 bits per heavy atom. The highest BCUT2D eigenvalue weighted by molar-refractivity contribution is 5.96. The number of rotatable bonds is 6. The minimum atomic E-state index is -1.01. The van der Waals surface area contributed by atoms with Crippen molar-refractivity contribution in [2.45, 2.75) is 51.6 Å². The summed E-state index contributed by atoms with van der Waals surface area (Å²) in [5, 5.41) is 15.0. The maximum atomic E-state index is 12.7. The summed E-state index contributed by atoms with van der Waals surface area (Å²) >= 11 is 0. The number of ether oxygens (including phenoxy) is 1. The van der Waals surface area contributed by atoms with Gasteiger partial charge in [0.2, 0.25) is 0 Å². The molecule has 1 saturated heterocycles. The van der Waals surface area contributed by atoms with Crippen LogP contribution in [0, 0.1) is 11.3 Å². The van der Waals surface area contributed by atoms with Gasteiger partial charge in [0.15, 0.2) is 0 Å². The third kappa shape index (κ3) is 4.67. The minimum absolute atomic E-state index is 0.0806. The minimum Gasteiger partial charge on any atom is -0.457 e. The molecular weight excluding hydrogens is 474 g/mol. The van der Waals surface area contributed by atoms with E-state index in [1.54, 1.807) is 31.7 Å². The first-order chi connectivity index (χ1) is 18.2. The van der Waals surface area contributed by atoms with Crippen LogP contribution >= 0.6 is 0 Å².